The molecule has 0 radical (unpaired) electrons. The van der Waals surface area contributed by atoms with Crippen LogP contribution in [0.5, 0.6) is 6.01 Å². The van der Waals surface area contributed by atoms with E-state index in [-0.39, 0.29) is 6.61 Å². The lowest BCUT2D eigenvalue weighted by atomic mass is 10.1. The lowest BCUT2D eigenvalue weighted by Crippen LogP contribution is -2.11. The first-order chi connectivity index (χ1) is 11.7. The van der Waals surface area contributed by atoms with Gasteiger partial charge in [0.05, 0.1) is 6.07 Å². The average molecular weight is 358 g/mol. The van der Waals surface area contributed by atoms with Crippen molar-refractivity contribution in [1.29, 1.82) is 5.26 Å². The summed E-state index contributed by atoms with van der Waals surface area (Å²) in [5.74, 6) is 0. The molecule has 0 saturated heterocycles. The molecule has 4 nitrogen and oxygen atoms in total. The Balaban J connectivity index is 1.83. The lowest BCUT2D eigenvalue weighted by molar-refractivity contribution is 0.266. The predicted molar refractivity (Wildman–Crippen MR) is 93.2 cm³/mol. The molecule has 1 heterocycles. The zero-order valence-corrected chi connectivity index (χ0v) is 14.1. The van der Waals surface area contributed by atoms with Crippen LogP contribution < -0.4 is 4.74 Å². The fourth-order valence-corrected chi connectivity index (χ4v) is 2.70. The maximum Gasteiger partial charge on any atom is 0.297 e. The van der Waals surface area contributed by atoms with Crippen LogP contribution in [-0.2, 0) is 6.61 Å². The maximum absolute atomic E-state index is 9.55. The summed E-state index contributed by atoms with van der Waals surface area (Å²) in [6.45, 7) is 0.212. The van der Waals surface area contributed by atoms with E-state index >= 15 is 0 Å². The van der Waals surface area contributed by atoms with Gasteiger partial charge in [-0.05, 0) is 23.8 Å². The van der Waals surface area contributed by atoms with Gasteiger partial charge >= 0.3 is 0 Å². The Morgan fingerprint density at radius 2 is 1.96 bits per heavy atom. The fourth-order valence-electron chi connectivity index (χ4n) is 2.34. The van der Waals surface area contributed by atoms with Gasteiger partial charge in [0.25, 0.3) is 6.01 Å². The van der Waals surface area contributed by atoms with Gasteiger partial charge < -0.3 is 4.74 Å². The fraction of sp³-hybridized carbons (Fsp3) is 0.111. The van der Waals surface area contributed by atoms with Crippen molar-refractivity contribution in [2.45, 2.75) is 12.6 Å². The molecule has 2 aromatic carbocycles. The van der Waals surface area contributed by atoms with Crippen LogP contribution in [0, 0.1) is 11.3 Å². The molecule has 0 spiro atoms. The van der Waals surface area contributed by atoms with E-state index in [2.05, 4.69) is 11.1 Å². The van der Waals surface area contributed by atoms with Gasteiger partial charge in [-0.2, -0.15) is 5.26 Å². The van der Waals surface area contributed by atoms with E-state index in [4.69, 9.17) is 27.9 Å². The van der Waals surface area contributed by atoms with E-state index in [9.17, 15) is 5.26 Å². The van der Waals surface area contributed by atoms with Gasteiger partial charge in [0.1, 0.15) is 6.61 Å². The van der Waals surface area contributed by atoms with Crippen molar-refractivity contribution in [2.24, 2.45) is 0 Å². The molecule has 3 rings (SSSR count). The van der Waals surface area contributed by atoms with Crippen LogP contribution in [0.2, 0.25) is 10.0 Å². The number of aromatic nitrogens is 2. The Bertz CT molecular complexity index is 871. The summed E-state index contributed by atoms with van der Waals surface area (Å²) < 4.78 is 7.45. The van der Waals surface area contributed by atoms with Gasteiger partial charge in [0, 0.05) is 28.0 Å². The first-order valence-electron chi connectivity index (χ1n) is 7.23. The average Bonchev–Trinajstić information content (AvgIpc) is 3.06. The molecule has 1 atom stereocenters. The molecule has 0 saturated carbocycles. The molecule has 0 aliphatic heterocycles. The molecule has 0 N–H and O–H groups in total. The molecular weight excluding hydrogens is 345 g/mol. The summed E-state index contributed by atoms with van der Waals surface area (Å²) in [6.07, 6.45) is 3.32. The van der Waals surface area contributed by atoms with Crippen LogP contribution in [0.3, 0.4) is 0 Å². The molecule has 0 aliphatic rings. The van der Waals surface area contributed by atoms with Gasteiger partial charge in [-0.3, -0.25) is 4.57 Å². The minimum Gasteiger partial charge on any atom is -0.460 e. The highest BCUT2D eigenvalue weighted by Gasteiger charge is 2.17. The highest BCUT2D eigenvalue weighted by molar-refractivity contribution is 6.33. The van der Waals surface area contributed by atoms with Gasteiger partial charge in [0.2, 0.25) is 0 Å². The standard InChI is InChI=1S/C18H13Cl2N3O/c19-15-6-7-16(20)14(10-15)12-24-18-22-8-9-23(18)17(11-21)13-4-2-1-3-5-13/h1-10,17H,12H2. The summed E-state index contributed by atoms with van der Waals surface area (Å²) in [7, 11) is 0. The topological polar surface area (TPSA) is 50.8 Å². The van der Waals surface area contributed by atoms with E-state index < -0.39 is 6.04 Å². The minimum absolute atomic E-state index is 0.212. The summed E-state index contributed by atoms with van der Waals surface area (Å²) >= 11 is 12.1. The minimum atomic E-state index is -0.515. The van der Waals surface area contributed by atoms with Gasteiger partial charge in [-0.1, -0.05) is 53.5 Å². The number of nitrogens with zero attached hydrogens (tertiary/aromatic N) is 3. The molecule has 0 aliphatic carbocycles. The van der Waals surface area contributed by atoms with Crippen molar-refractivity contribution < 1.29 is 4.74 Å². The second-order valence-corrected chi connectivity index (χ2v) is 5.93. The molecule has 0 bridgehead atoms. The number of halogens is 2. The predicted octanol–water partition coefficient (Wildman–Crippen LogP) is 4.88. The summed E-state index contributed by atoms with van der Waals surface area (Å²) in [4.78, 5) is 4.19. The van der Waals surface area contributed by atoms with Crippen LogP contribution in [-0.4, -0.2) is 9.55 Å². The van der Waals surface area contributed by atoms with Crippen molar-refractivity contribution in [3.8, 4) is 12.1 Å². The van der Waals surface area contributed by atoms with Crippen molar-refractivity contribution in [2.75, 3.05) is 0 Å². The molecule has 24 heavy (non-hydrogen) atoms. The summed E-state index contributed by atoms with van der Waals surface area (Å²) in [6, 6.07) is 16.8. The Hall–Kier alpha value is -2.48. The molecule has 1 aromatic heterocycles. The van der Waals surface area contributed by atoms with E-state index in [0.29, 0.717) is 16.1 Å². The first-order valence-corrected chi connectivity index (χ1v) is 7.99. The largest absolute Gasteiger partial charge is 0.460 e. The van der Waals surface area contributed by atoms with E-state index in [1.54, 1.807) is 35.2 Å². The molecule has 3 aromatic rings. The van der Waals surface area contributed by atoms with Gasteiger partial charge in [0.15, 0.2) is 6.04 Å². The van der Waals surface area contributed by atoms with Crippen molar-refractivity contribution in [3.05, 3.63) is 82.1 Å². The lowest BCUT2D eigenvalue weighted by Gasteiger charge is -2.15. The van der Waals surface area contributed by atoms with Crippen LogP contribution in [0.4, 0.5) is 0 Å². The Labute approximate surface area is 149 Å². The van der Waals surface area contributed by atoms with Crippen LogP contribution >= 0.6 is 23.2 Å². The quantitative estimate of drug-likeness (QED) is 0.653. The number of nitriles is 1. The summed E-state index contributed by atoms with van der Waals surface area (Å²) in [5, 5.41) is 10.7. The number of ether oxygens (including phenoxy) is 1. The molecule has 1 unspecified atom stereocenters. The number of hydrogen-bond acceptors (Lipinski definition) is 3. The smallest absolute Gasteiger partial charge is 0.297 e. The van der Waals surface area contributed by atoms with Crippen LogP contribution in [0.25, 0.3) is 0 Å². The second kappa shape index (κ2) is 7.39. The number of rotatable bonds is 5. The number of hydrogen-bond donors (Lipinski definition) is 0. The van der Waals surface area contributed by atoms with Crippen molar-refractivity contribution in [3.63, 3.8) is 0 Å². The zero-order chi connectivity index (χ0) is 16.9. The van der Waals surface area contributed by atoms with Crippen molar-refractivity contribution in [1.82, 2.24) is 9.55 Å². The molecule has 120 valence electrons. The Morgan fingerprint density at radius 3 is 2.71 bits per heavy atom. The third-order valence-electron chi connectivity index (χ3n) is 3.51. The van der Waals surface area contributed by atoms with Gasteiger partial charge in [-0.15, -0.1) is 0 Å². The Kier molecular flexibility index (Phi) is 5.05. The van der Waals surface area contributed by atoms with Crippen LogP contribution in [0.1, 0.15) is 17.2 Å². The monoisotopic (exact) mass is 357 g/mol. The molecule has 6 heteroatoms. The highest BCUT2D eigenvalue weighted by atomic mass is 35.5. The molecule has 0 amide bonds. The third-order valence-corrected chi connectivity index (χ3v) is 4.12. The van der Waals surface area contributed by atoms with Crippen LogP contribution in [0.15, 0.2) is 60.9 Å². The van der Waals surface area contributed by atoms with Crippen molar-refractivity contribution >= 4 is 23.2 Å². The van der Waals surface area contributed by atoms with E-state index in [1.165, 1.54) is 0 Å². The summed E-state index contributed by atoms with van der Waals surface area (Å²) in [5.41, 5.74) is 1.62. The zero-order valence-electron chi connectivity index (χ0n) is 12.6. The normalized spacial score (nSPS) is 11.7. The maximum atomic E-state index is 9.55. The number of imidazole rings is 1. The third kappa shape index (κ3) is 3.53. The second-order valence-electron chi connectivity index (χ2n) is 5.08. The molecular formula is C18H13Cl2N3O. The first kappa shape index (κ1) is 16.4. The van der Waals surface area contributed by atoms with E-state index in [1.807, 2.05) is 30.3 Å². The number of benzene rings is 2. The highest BCUT2D eigenvalue weighted by Crippen LogP contribution is 2.25. The molecule has 0 fully saturated rings. The SMILES string of the molecule is N#CC(c1ccccc1)n1ccnc1OCc1cc(Cl)ccc1Cl. The Morgan fingerprint density at radius 1 is 1.17 bits per heavy atom. The van der Waals surface area contributed by atoms with Gasteiger partial charge in [-0.25, -0.2) is 4.98 Å². The van der Waals surface area contributed by atoms with E-state index in [0.717, 1.165) is 11.1 Å².